The van der Waals surface area contributed by atoms with Crippen LogP contribution in [-0.2, 0) is 0 Å². The Morgan fingerprint density at radius 2 is 1.80 bits per heavy atom. The van der Waals surface area contributed by atoms with Gasteiger partial charge in [-0.25, -0.2) is 0 Å². The van der Waals surface area contributed by atoms with E-state index in [2.05, 4.69) is 63.6 Å². The number of rotatable bonds is 3. The monoisotopic (exact) mass is 267 g/mol. The fourth-order valence-electron chi connectivity index (χ4n) is 3.61. The van der Waals surface area contributed by atoms with Crippen molar-refractivity contribution in [3.05, 3.63) is 48.8 Å². The zero-order valence-electron chi connectivity index (χ0n) is 11.7. The number of benzene rings is 1. The Morgan fingerprint density at radius 3 is 2.50 bits per heavy atom. The first-order valence-electron chi connectivity index (χ1n) is 7.61. The summed E-state index contributed by atoms with van der Waals surface area (Å²) in [5, 5.41) is 3.76. The van der Waals surface area contributed by atoms with Crippen LogP contribution in [0, 0.1) is 5.92 Å². The summed E-state index contributed by atoms with van der Waals surface area (Å²) in [6, 6.07) is 13.5. The molecule has 0 saturated carbocycles. The first-order valence-corrected chi connectivity index (χ1v) is 7.61. The van der Waals surface area contributed by atoms with E-state index < -0.39 is 0 Å². The molecule has 5 rings (SSSR count). The molecule has 1 aromatic heterocycles. The molecule has 3 aliphatic rings. The number of nitrogens with zero attached hydrogens (tertiary/aromatic N) is 2. The van der Waals surface area contributed by atoms with Crippen molar-refractivity contribution in [2.24, 2.45) is 5.92 Å². The summed E-state index contributed by atoms with van der Waals surface area (Å²) < 4.78 is 2.15. The van der Waals surface area contributed by atoms with Crippen molar-refractivity contribution < 1.29 is 0 Å². The van der Waals surface area contributed by atoms with Gasteiger partial charge < -0.3 is 14.8 Å². The highest BCUT2D eigenvalue weighted by molar-refractivity contribution is 5.52. The van der Waals surface area contributed by atoms with Gasteiger partial charge in [-0.3, -0.25) is 0 Å². The molecular weight excluding hydrogens is 246 g/mol. The quantitative estimate of drug-likeness (QED) is 0.922. The maximum atomic E-state index is 3.76. The standard InChI is InChI=1S/C17H21N3/c1-2-9-20(8-1)16-5-3-4-15(12-16)18-17-13-19-10-6-14(17)7-11-19/h1-5,8-9,12,14,17-18H,6-7,10-11,13H2. The molecular formula is C17H21N3. The van der Waals surface area contributed by atoms with E-state index in [-0.39, 0.29) is 0 Å². The van der Waals surface area contributed by atoms with Gasteiger partial charge in [-0.05, 0) is 62.2 Å². The zero-order chi connectivity index (χ0) is 13.4. The lowest BCUT2D eigenvalue weighted by Gasteiger charge is -2.45. The lowest BCUT2D eigenvalue weighted by Crippen LogP contribution is -2.53. The summed E-state index contributed by atoms with van der Waals surface area (Å²) in [5.41, 5.74) is 2.47. The zero-order valence-corrected chi connectivity index (χ0v) is 11.7. The van der Waals surface area contributed by atoms with E-state index in [9.17, 15) is 0 Å². The minimum atomic E-state index is 0.623. The van der Waals surface area contributed by atoms with Crippen molar-refractivity contribution in [3.63, 3.8) is 0 Å². The Hall–Kier alpha value is -1.74. The smallest absolute Gasteiger partial charge is 0.0469 e. The van der Waals surface area contributed by atoms with Crippen LogP contribution >= 0.6 is 0 Å². The van der Waals surface area contributed by atoms with Gasteiger partial charge in [0, 0.05) is 36.4 Å². The van der Waals surface area contributed by atoms with Crippen molar-refractivity contribution in [3.8, 4) is 5.69 Å². The third kappa shape index (κ3) is 2.22. The summed E-state index contributed by atoms with van der Waals surface area (Å²) in [6.07, 6.45) is 6.89. The fraction of sp³-hybridized carbons (Fsp3) is 0.412. The first kappa shape index (κ1) is 12.0. The van der Waals surface area contributed by atoms with Crippen molar-refractivity contribution in [2.45, 2.75) is 18.9 Å². The second-order valence-corrected chi connectivity index (χ2v) is 6.03. The summed E-state index contributed by atoms with van der Waals surface area (Å²) in [4.78, 5) is 2.59. The number of hydrogen-bond acceptors (Lipinski definition) is 2. The number of anilines is 1. The van der Waals surface area contributed by atoms with Crippen molar-refractivity contribution >= 4 is 5.69 Å². The van der Waals surface area contributed by atoms with Crippen LogP contribution in [0.25, 0.3) is 5.69 Å². The van der Waals surface area contributed by atoms with Gasteiger partial charge >= 0.3 is 0 Å². The molecule has 1 N–H and O–H groups in total. The molecule has 2 aromatic rings. The minimum absolute atomic E-state index is 0.623. The van der Waals surface area contributed by atoms with Crippen molar-refractivity contribution in [1.82, 2.24) is 9.47 Å². The molecule has 1 unspecified atom stereocenters. The third-order valence-corrected chi connectivity index (χ3v) is 4.76. The highest BCUT2D eigenvalue weighted by Crippen LogP contribution is 2.30. The van der Waals surface area contributed by atoms with Crippen LogP contribution in [0.2, 0.25) is 0 Å². The second kappa shape index (κ2) is 4.98. The van der Waals surface area contributed by atoms with Crippen LogP contribution in [0.5, 0.6) is 0 Å². The van der Waals surface area contributed by atoms with Crippen LogP contribution < -0.4 is 5.32 Å². The highest BCUT2D eigenvalue weighted by atomic mass is 15.2. The molecule has 0 radical (unpaired) electrons. The molecule has 20 heavy (non-hydrogen) atoms. The first-order chi connectivity index (χ1) is 9.88. The summed E-state index contributed by atoms with van der Waals surface area (Å²) in [6.45, 7) is 3.80. The lowest BCUT2D eigenvalue weighted by atomic mass is 9.84. The summed E-state index contributed by atoms with van der Waals surface area (Å²) in [7, 11) is 0. The Kier molecular flexibility index (Phi) is 3.00. The Morgan fingerprint density at radius 1 is 1.00 bits per heavy atom. The highest BCUT2D eigenvalue weighted by Gasteiger charge is 2.33. The van der Waals surface area contributed by atoms with Gasteiger partial charge in [0.25, 0.3) is 0 Å². The molecule has 3 heteroatoms. The molecule has 3 nitrogen and oxygen atoms in total. The number of aromatic nitrogens is 1. The molecule has 0 spiro atoms. The molecule has 4 heterocycles. The van der Waals surface area contributed by atoms with E-state index in [0.29, 0.717) is 6.04 Å². The number of nitrogens with one attached hydrogen (secondary N) is 1. The molecule has 0 aliphatic carbocycles. The third-order valence-electron chi connectivity index (χ3n) is 4.76. The average molecular weight is 267 g/mol. The Labute approximate surface area is 120 Å². The predicted octanol–water partition coefficient (Wildman–Crippen LogP) is 2.98. The van der Waals surface area contributed by atoms with Crippen LogP contribution in [0.4, 0.5) is 5.69 Å². The van der Waals surface area contributed by atoms with Gasteiger partial charge in [0.2, 0.25) is 0 Å². The van der Waals surface area contributed by atoms with Crippen LogP contribution in [0.3, 0.4) is 0 Å². The molecule has 1 atom stereocenters. The molecule has 3 fully saturated rings. The largest absolute Gasteiger partial charge is 0.381 e. The van der Waals surface area contributed by atoms with Gasteiger partial charge in [-0.15, -0.1) is 0 Å². The fourth-order valence-corrected chi connectivity index (χ4v) is 3.61. The van der Waals surface area contributed by atoms with Crippen LogP contribution in [0.1, 0.15) is 12.8 Å². The Balaban J connectivity index is 1.53. The predicted molar refractivity (Wildman–Crippen MR) is 82.3 cm³/mol. The SMILES string of the molecule is c1cc(NC2CN3CCC2CC3)cc(-n2cccc2)c1. The van der Waals surface area contributed by atoms with Crippen LogP contribution in [-0.4, -0.2) is 35.1 Å². The average Bonchev–Trinajstić information content (AvgIpc) is 3.03. The normalized spacial score (nSPS) is 28.5. The maximum absolute atomic E-state index is 3.76. The van der Waals surface area contributed by atoms with E-state index >= 15 is 0 Å². The number of piperidine rings is 3. The number of fused-ring (bicyclic) bond motifs is 3. The summed E-state index contributed by atoms with van der Waals surface area (Å²) in [5.74, 6) is 0.857. The van der Waals surface area contributed by atoms with E-state index in [4.69, 9.17) is 0 Å². The second-order valence-electron chi connectivity index (χ2n) is 6.03. The topological polar surface area (TPSA) is 20.2 Å². The van der Waals surface area contributed by atoms with Gasteiger partial charge in [0.05, 0.1) is 0 Å². The molecule has 104 valence electrons. The lowest BCUT2D eigenvalue weighted by molar-refractivity contribution is 0.0975. The molecule has 2 bridgehead atoms. The molecule has 0 amide bonds. The van der Waals surface area contributed by atoms with Crippen molar-refractivity contribution in [2.75, 3.05) is 25.0 Å². The molecule has 3 aliphatic heterocycles. The minimum Gasteiger partial charge on any atom is -0.381 e. The Bertz CT molecular complexity index is 568. The van der Waals surface area contributed by atoms with Gasteiger partial charge in [-0.1, -0.05) is 6.07 Å². The summed E-state index contributed by atoms with van der Waals surface area (Å²) >= 11 is 0. The van der Waals surface area contributed by atoms with E-state index in [1.165, 1.54) is 43.9 Å². The van der Waals surface area contributed by atoms with Gasteiger partial charge in [0.1, 0.15) is 0 Å². The van der Waals surface area contributed by atoms with E-state index in [1.54, 1.807) is 0 Å². The van der Waals surface area contributed by atoms with E-state index in [0.717, 1.165) is 5.92 Å². The van der Waals surface area contributed by atoms with Gasteiger partial charge in [0.15, 0.2) is 0 Å². The molecule has 3 saturated heterocycles. The van der Waals surface area contributed by atoms with Crippen LogP contribution in [0.15, 0.2) is 48.8 Å². The molecule has 1 aromatic carbocycles. The van der Waals surface area contributed by atoms with Gasteiger partial charge in [-0.2, -0.15) is 0 Å². The maximum Gasteiger partial charge on any atom is 0.0469 e. The number of hydrogen-bond donors (Lipinski definition) is 1. The van der Waals surface area contributed by atoms with Crippen molar-refractivity contribution in [1.29, 1.82) is 0 Å². The van der Waals surface area contributed by atoms with E-state index in [1.807, 2.05) is 0 Å².